The van der Waals surface area contributed by atoms with Gasteiger partial charge in [-0.3, -0.25) is 4.79 Å². The van der Waals surface area contributed by atoms with Crippen LogP contribution in [0.2, 0.25) is 10.0 Å². The largest absolute Gasteiger partial charge is 0.478 e. The highest BCUT2D eigenvalue weighted by atomic mass is 35.5. The fraction of sp³-hybridized carbons (Fsp3) is 0.100. The van der Waals surface area contributed by atoms with Crippen molar-refractivity contribution in [3.8, 4) is 0 Å². The summed E-state index contributed by atoms with van der Waals surface area (Å²) in [5, 5.41) is 11.4. The van der Waals surface area contributed by atoms with Gasteiger partial charge in [0.1, 0.15) is 0 Å². The average molecular weight is 388 g/mol. The Morgan fingerprint density at radius 1 is 1.19 bits per heavy atom. The number of aldehydes is 1. The molecule has 3 aromatic rings. The van der Waals surface area contributed by atoms with Crippen LogP contribution in [0.4, 0.5) is 0 Å². The normalized spacial score (nSPS) is 11.7. The molecular formula is C20H15Cl2NO3. The number of nitrogens with zero attached hydrogens (tertiary/aromatic N) is 1. The maximum atomic E-state index is 11.8. The van der Waals surface area contributed by atoms with E-state index >= 15 is 0 Å². The van der Waals surface area contributed by atoms with Gasteiger partial charge >= 0.3 is 5.97 Å². The highest BCUT2D eigenvalue weighted by Crippen LogP contribution is 2.27. The number of benzene rings is 2. The number of fused-ring (bicyclic) bond motifs is 1. The van der Waals surface area contributed by atoms with Crippen LogP contribution in [-0.2, 0) is 11.3 Å². The molecule has 6 heteroatoms. The van der Waals surface area contributed by atoms with E-state index in [1.54, 1.807) is 22.8 Å². The summed E-state index contributed by atoms with van der Waals surface area (Å²) < 4.78 is 1.71. The monoisotopic (exact) mass is 387 g/mol. The molecule has 1 aromatic heterocycles. The summed E-state index contributed by atoms with van der Waals surface area (Å²) in [4.78, 5) is 23.4. The van der Waals surface area contributed by atoms with Gasteiger partial charge in [-0.2, -0.15) is 0 Å². The number of halogens is 2. The van der Waals surface area contributed by atoms with Crippen LogP contribution >= 0.6 is 23.2 Å². The summed E-state index contributed by atoms with van der Waals surface area (Å²) in [6.45, 7) is 1.89. The minimum Gasteiger partial charge on any atom is -0.478 e. The van der Waals surface area contributed by atoms with Gasteiger partial charge in [0.15, 0.2) is 6.29 Å². The van der Waals surface area contributed by atoms with Crippen molar-refractivity contribution in [2.75, 3.05) is 0 Å². The number of carboxylic acid groups (broad SMARTS) is 1. The first kappa shape index (κ1) is 18.2. The van der Waals surface area contributed by atoms with Gasteiger partial charge < -0.3 is 9.67 Å². The maximum Gasteiger partial charge on any atom is 0.333 e. The van der Waals surface area contributed by atoms with Crippen LogP contribution in [0.5, 0.6) is 0 Å². The van der Waals surface area contributed by atoms with E-state index in [1.807, 2.05) is 31.2 Å². The molecule has 0 amide bonds. The highest BCUT2D eigenvalue weighted by molar-refractivity contribution is 6.35. The second-order valence-electron chi connectivity index (χ2n) is 5.87. The van der Waals surface area contributed by atoms with Gasteiger partial charge in [0.05, 0.1) is 17.8 Å². The van der Waals surface area contributed by atoms with Crippen molar-refractivity contribution in [3.63, 3.8) is 0 Å². The van der Waals surface area contributed by atoms with Crippen LogP contribution < -0.4 is 0 Å². The summed E-state index contributed by atoms with van der Waals surface area (Å²) in [5.74, 6) is -1.08. The van der Waals surface area contributed by atoms with E-state index in [-0.39, 0.29) is 12.1 Å². The van der Waals surface area contributed by atoms with Crippen LogP contribution in [0.25, 0.3) is 17.0 Å². The first-order valence-corrected chi connectivity index (χ1v) is 8.60. The van der Waals surface area contributed by atoms with Gasteiger partial charge in [-0.05, 0) is 42.3 Å². The molecule has 0 bridgehead atoms. The second kappa shape index (κ2) is 7.36. The van der Waals surface area contributed by atoms with Crippen molar-refractivity contribution >= 4 is 52.4 Å². The Bertz CT molecular complexity index is 1050. The number of aliphatic carboxylic acids is 1. The summed E-state index contributed by atoms with van der Waals surface area (Å²) in [6.07, 6.45) is 2.25. The van der Waals surface area contributed by atoms with Crippen molar-refractivity contribution in [2.45, 2.75) is 13.5 Å². The maximum absolute atomic E-state index is 11.8. The van der Waals surface area contributed by atoms with E-state index in [1.165, 1.54) is 6.08 Å². The fourth-order valence-electron chi connectivity index (χ4n) is 2.97. The third kappa shape index (κ3) is 3.39. The summed E-state index contributed by atoms with van der Waals surface area (Å²) in [7, 11) is 0. The van der Waals surface area contributed by atoms with Gasteiger partial charge in [0.2, 0.25) is 0 Å². The molecule has 0 aliphatic heterocycles. The number of carbonyl (C=O) groups is 2. The van der Waals surface area contributed by atoms with Crippen LogP contribution in [-0.4, -0.2) is 21.9 Å². The minimum atomic E-state index is -1.08. The highest BCUT2D eigenvalue weighted by Gasteiger charge is 2.17. The van der Waals surface area contributed by atoms with Crippen LogP contribution in [0.3, 0.4) is 0 Å². The van der Waals surface area contributed by atoms with Gasteiger partial charge in [0.25, 0.3) is 0 Å². The first-order chi connectivity index (χ1) is 12.4. The molecule has 0 fully saturated rings. The number of hydrogen-bond donors (Lipinski definition) is 1. The fourth-order valence-corrected chi connectivity index (χ4v) is 3.43. The van der Waals surface area contributed by atoms with Crippen molar-refractivity contribution < 1.29 is 14.7 Å². The van der Waals surface area contributed by atoms with Crippen LogP contribution in [0, 0.1) is 6.92 Å². The second-order valence-corrected chi connectivity index (χ2v) is 6.72. The molecule has 0 atom stereocenters. The minimum absolute atomic E-state index is 0.0384. The summed E-state index contributed by atoms with van der Waals surface area (Å²) in [6, 6.07) is 12.4. The standard InChI is InChI=1S/C20H15Cl2NO3/c1-12-16-4-2-3-5-18(16)23(19(12)11-24)10-14(20(25)26)8-13-6-7-15(21)9-17(13)22/h2-9,11H,10H2,1H3,(H,25,26)/b14-8+. The molecule has 1 N–H and O–H groups in total. The lowest BCUT2D eigenvalue weighted by Gasteiger charge is -2.10. The Balaban J connectivity index is 2.13. The number of carbonyl (C=O) groups excluding carboxylic acids is 1. The van der Waals surface area contributed by atoms with E-state index < -0.39 is 5.97 Å². The summed E-state index contributed by atoms with van der Waals surface area (Å²) >= 11 is 12.0. The molecule has 3 rings (SSSR count). The SMILES string of the molecule is Cc1c(C=O)n(C/C(=C\c2ccc(Cl)cc2Cl)C(=O)O)c2ccccc12. The Labute approximate surface area is 160 Å². The topological polar surface area (TPSA) is 59.3 Å². The number of aromatic nitrogens is 1. The van der Waals surface area contributed by atoms with Gasteiger partial charge in [-0.25, -0.2) is 4.79 Å². The molecule has 4 nitrogen and oxygen atoms in total. The molecule has 0 radical (unpaired) electrons. The van der Waals surface area contributed by atoms with E-state index in [2.05, 4.69) is 0 Å². The van der Waals surface area contributed by atoms with E-state index in [0.717, 1.165) is 22.8 Å². The Morgan fingerprint density at radius 2 is 1.92 bits per heavy atom. The third-order valence-electron chi connectivity index (χ3n) is 4.28. The lowest BCUT2D eigenvalue weighted by Crippen LogP contribution is -2.11. The molecule has 0 unspecified atom stereocenters. The Morgan fingerprint density at radius 3 is 2.58 bits per heavy atom. The van der Waals surface area contributed by atoms with Crippen LogP contribution in [0.15, 0.2) is 48.0 Å². The number of para-hydroxylation sites is 1. The van der Waals surface area contributed by atoms with Crippen molar-refractivity contribution in [2.24, 2.45) is 0 Å². The third-order valence-corrected chi connectivity index (χ3v) is 4.84. The van der Waals surface area contributed by atoms with Gasteiger partial charge in [-0.15, -0.1) is 0 Å². The molecule has 132 valence electrons. The zero-order valence-corrected chi connectivity index (χ0v) is 15.4. The molecule has 0 saturated carbocycles. The number of aryl methyl sites for hydroxylation is 1. The molecular weight excluding hydrogens is 373 g/mol. The predicted octanol–water partition coefficient (Wildman–Crippen LogP) is 5.24. The molecule has 0 saturated heterocycles. The molecule has 0 spiro atoms. The van der Waals surface area contributed by atoms with Crippen molar-refractivity contribution in [1.29, 1.82) is 0 Å². The quantitative estimate of drug-likeness (QED) is 0.481. The summed E-state index contributed by atoms with van der Waals surface area (Å²) in [5.41, 5.74) is 2.75. The first-order valence-electron chi connectivity index (χ1n) is 7.84. The molecule has 0 aliphatic rings. The van der Waals surface area contributed by atoms with Gasteiger partial charge in [0, 0.05) is 20.9 Å². The van der Waals surface area contributed by atoms with E-state index in [0.29, 0.717) is 21.3 Å². The van der Waals surface area contributed by atoms with Crippen molar-refractivity contribution in [3.05, 3.63) is 74.9 Å². The smallest absolute Gasteiger partial charge is 0.333 e. The zero-order chi connectivity index (χ0) is 18.8. The lowest BCUT2D eigenvalue weighted by atomic mass is 10.1. The molecule has 26 heavy (non-hydrogen) atoms. The number of rotatable bonds is 5. The van der Waals surface area contributed by atoms with E-state index in [4.69, 9.17) is 23.2 Å². The van der Waals surface area contributed by atoms with E-state index in [9.17, 15) is 14.7 Å². The average Bonchev–Trinajstić information content (AvgIpc) is 2.88. The molecule has 0 aliphatic carbocycles. The predicted molar refractivity (Wildman–Crippen MR) is 104 cm³/mol. The van der Waals surface area contributed by atoms with Crippen LogP contribution in [0.1, 0.15) is 21.6 Å². The lowest BCUT2D eigenvalue weighted by molar-refractivity contribution is -0.132. The Hall–Kier alpha value is -2.56. The number of carboxylic acids is 1. The van der Waals surface area contributed by atoms with Crippen molar-refractivity contribution in [1.82, 2.24) is 4.57 Å². The van der Waals surface area contributed by atoms with Gasteiger partial charge in [-0.1, -0.05) is 47.5 Å². The zero-order valence-electron chi connectivity index (χ0n) is 13.9. The number of hydrogen-bond acceptors (Lipinski definition) is 2. The molecule has 2 aromatic carbocycles. The Kier molecular flexibility index (Phi) is 5.16. The molecule has 1 heterocycles.